The Bertz CT molecular complexity index is 326. The molecule has 2 heterocycles. The molecule has 0 aliphatic carbocycles. The summed E-state index contributed by atoms with van der Waals surface area (Å²) in [5.41, 5.74) is 0. The van der Waals surface area contributed by atoms with E-state index >= 15 is 0 Å². The zero-order valence-corrected chi connectivity index (χ0v) is 10.7. The molecule has 0 aromatic carbocycles. The number of amides is 2. The summed E-state index contributed by atoms with van der Waals surface area (Å²) >= 11 is 1.88. The van der Waals surface area contributed by atoms with Gasteiger partial charge in [0.2, 0.25) is 11.8 Å². The molecule has 5 heteroatoms. The van der Waals surface area contributed by atoms with Gasteiger partial charge in [0.15, 0.2) is 0 Å². The fraction of sp³-hybridized carbons (Fsp3) is 0.667. The van der Waals surface area contributed by atoms with Crippen LogP contribution in [0.5, 0.6) is 0 Å². The Morgan fingerprint density at radius 1 is 1.47 bits per heavy atom. The second kappa shape index (κ2) is 5.58. The van der Waals surface area contributed by atoms with E-state index in [9.17, 15) is 9.59 Å². The molecule has 1 atom stereocenters. The lowest BCUT2D eigenvalue weighted by atomic mass is 10.1. The summed E-state index contributed by atoms with van der Waals surface area (Å²) in [5, 5.41) is 0. The van der Waals surface area contributed by atoms with E-state index in [1.165, 1.54) is 0 Å². The molecule has 0 radical (unpaired) electrons. The molecule has 1 unspecified atom stereocenters. The molecule has 2 rings (SSSR count). The molecular formula is C12H18N2O2S. The first-order valence-corrected chi connectivity index (χ1v) is 7.13. The highest BCUT2D eigenvalue weighted by Gasteiger charge is 2.36. The SMILES string of the molecule is C=CCN1CC(C(=O)N2CCSCC2)CC1=O. The van der Waals surface area contributed by atoms with Gasteiger partial charge in [-0.1, -0.05) is 6.08 Å². The van der Waals surface area contributed by atoms with E-state index in [1.807, 2.05) is 16.7 Å². The summed E-state index contributed by atoms with van der Waals surface area (Å²) in [4.78, 5) is 27.5. The molecular weight excluding hydrogens is 236 g/mol. The van der Waals surface area contributed by atoms with Crippen molar-refractivity contribution in [1.82, 2.24) is 9.80 Å². The summed E-state index contributed by atoms with van der Waals surface area (Å²) in [5.74, 6) is 2.14. The van der Waals surface area contributed by atoms with Crippen molar-refractivity contribution >= 4 is 23.6 Å². The van der Waals surface area contributed by atoms with E-state index in [1.54, 1.807) is 11.0 Å². The van der Waals surface area contributed by atoms with Gasteiger partial charge in [-0.25, -0.2) is 0 Å². The van der Waals surface area contributed by atoms with E-state index in [0.29, 0.717) is 19.5 Å². The minimum atomic E-state index is -0.134. The molecule has 0 bridgehead atoms. The molecule has 0 N–H and O–H groups in total. The van der Waals surface area contributed by atoms with Gasteiger partial charge in [0.1, 0.15) is 0 Å². The Morgan fingerprint density at radius 2 is 2.18 bits per heavy atom. The van der Waals surface area contributed by atoms with Crippen molar-refractivity contribution in [2.24, 2.45) is 5.92 Å². The maximum atomic E-state index is 12.2. The summed E-state index contributed by atoms with van der Waals surface area (Å²) in [6.07, 6.45) is 2.08. The lowest BCUT2D eigenvalue weighted by Gasteiger charge is -2.28. The Balaban J connectivity index is 1.92. The van der Waals surface area contributed by atoms with Gasteiger partial charge in [-0.15, -0.1) is 6.58 Å². The maximum Gasteiger partial charge on any atom is 0.228 e. The quantitative estimate of drug-likeness (QED) is 0.692. The number of likely N-dealkylation sites (tertiary alicyclic amines) is 1. The molecule has 0 saturated carbocycles. The Kier molecular flexibility index (Phi) is 4.10. The zero-order valence-electron chi connectivity index (χ0n) is 9.93. The van der Waals surface area contributed by atoms with Crippen LogP contribution < -0.4 is 0 Å². The van der Waals surface area contributed by atoms with Gasteiger partial charge in [-0.2, -0.15) is 11.8 Å². The van der Waals surface area contributed by atoms with E-state index in [2.05, 4.69) is 6.58 Å². The summed E-state index contributed by atoms with van der Waals surface area (Å²) in [6, 6.07) is 0. The topological polar surface area (TPSA) is 40.6 Å². The van der Waals surface area contributed by atoms with Crippen LogP contribution in [0.4, 0.5) is 0 Å². The van der Waals surface area contributed by atoms with Crippen LogP contribution in [0.25, 0.3) is 0 Å². The first-order valence-electron chi connectivity index (χ1n) is 5.97. The smallest absolute Gasteiger partial charge is 0.228 e. The number of carbonyl (C=O) groups excluding carboxylic acids is 2. The van der Waals surface area contributed by atoms with Crippen molar-refractivity contribution in [1.29, 1.82) is 0 Å². The van der Waals surface area contributed by atoms with Crippen LogP contribution in [0.3, 0.4) is 0 Å². The van der Waals surface area contributed by atoms with Crippen molar-refractivity contribution in [3.63, 3.8) is 0 Å². The third kappa shape index (κ3) is 2.83. The van der Waals surface area contributed by atoms with Gasteiger partial charge in [0.25, 0.3) is 0 Å². The molecule has 2 fully saturated rings. The molecule has 2 aliphatic heterocycles. The molecule has 0 spiro atoms. The normalized spacial score (nSPS) is 25.2. The molecule has 2 aliphatic rings. The van der Waals surface area contributed by atoms with Crippen LogP contribution in [0.1, 0.15) is 6.42 Å². The Labute approximate surface area is 106 Å². The van der Waals surface area contributed by atoms with E-state index in [-0.39, 0.29) is 17.7 Å². The van der Waals surface area contributed by atoms with Gasteiger partial charge in [-0.3, -0.25) is 9.59 Å². The van der Waals surface area contributed by atoms with Gasteiger partial charge in [0.05, 0.1) is 5.92 Å². The highest BCUT2D eigenvalue weighted by Crippen LogP contribution is 2.21. The summed E-state index contributed by atoms with van der Waals surface area (Å²) in [7, 11) is 0. The van der Waals surface area contributed by atoms with Crippen LogP contribution in [0, 0.1) is 5.92 Å². The van der Waals surface area contributed by atoms with Crippen molar-refractivity contribution in [3.8, 4) is 0 Å². The largest absolute Gasteiger partial charge is 0.341 e. The summed E-state index contributed by atoms with van der Waals surface area (Å²) in [6.45, 7) is 6.40. The van der Waals surface area contributed by atoms with E-state index in [4.69, 9.17) is 0 Å². The Hall–Kier alpha value is -0.970. The van der Waals surface area contributed by atoms with Crippen molar-refractivity contribution in [3.05, 3.63) is 12.7 Å². The highest BCUT2D eigenvalue weighted by atomic mass is 32.2. The fourth-order valence-corrected chi connectivity index (χ4v) is 3.21. The third-order valence-electron chi connectivity index (χ3n) is 3.24. The minimum absolute atomic E-state index is 0.0784. The van der Waals surface area contributed by atoms with Crippen LogP contribution in [0.15, 0.2) is 12.7 Å². The van der Waals surface area contributed by atoms with Crippen LogP contribution in [0.2, 0.25) is 0 Å². The molecule has 94 valence electrons. The second-order valence-electron chi connectivity index (χ2n) is 4.43. The first-order chi connectivity index (χ1) is 8.22. The number of hydrogen-bond donors (Lipinski definition) is 0. The first kappa shape index (κ1) is 12.5. The monoisotopic (exact) mass is 254 g/mol. The van der Waals surface area contributed by atoms with E-state index in [0.717, 1.165) is 24.6 Å². The average molecular weight is 254 g/mol. The standard InChI is InChI=1S/C12H18N2O2S/c1-2-3-14-9-10(8-11(14)15)12(16)13-4-6-17-7-5-13/h2,10H,1,3-9H2. The average Bonchev–Trinajstić information content (AvgIpc) is 2.72. The predicted molar refractivity (Wildman–Crippen MR) is 68.8 cm³/mol. The van der Waals surface area contributed by atoms with Crippen molar-refractivity contribution in [2.75, 3.05) is 37.7 Å². The minimum Gasteiger partial charge on any atom is -0.341 e. The Morgan fingerprint density at radius 3 is 2.82 bits per heavy atom. The zero-order chi connectivity index (χ0) is 12.3. The van der Waals surface area contributed by atoms with Gasteiger partial charge >= 0.3 is 0 Å². The van der Waals surface area contributed by atoms with Gasteiger partial charge in [-0.05, 0) is 0 Å². The summed E-state index contributed by atoms with van der Waals surface area (Å²) < 4.78 is 0. The number of rotatable bonds is 3. The second-order valence-corrected chi connectivity index (χ2v) is 5.65. The third-order valence-corrected chi connectivity index (χ3v) is 4.18. The van der Waals surface area contributed by atoms with Crippen LogP contribution in [-0.4, -0.2) is 59.3 Å². The molecule has 2 amide bonds. The molecule has 4 nitrogen and oxygen atoms in total. The van der Waals surface area contributed by atoms with Crippen LogP contribution >= 0.6 is 11.8 Å². The molecule has 2 saturated heterocycles. The highest BCUT2D eigenvalue weighted by molar-refractivity contribution is 7.99. The molecule has 17 heavy (non-hydrogen) atoms. The number of hydrogen-bond acceptors (Lipinski definition) is 3. The van der Waals surface area contributed by atoms with Crippen molar-refractivity contribution < 1.29 is 9.59 Å². The maximum absolute atomic E-state index is 12.2. The van der Waals surface area contributed by atoms with E-state index < -0.39 is 0 Å². The van der Waals surface area contributed by atoms with Gasteiger partial charge < -0.3 is 9.80 Å². The fourth-order valence-electron chi connectivity index (χ4n) is 2.31. The molecule has 0 aromatic rings. The molecule has 0 aromatic heterocycles. The number of nitrogens with zero attached hydrogens (tertiary/aromatic N) is 2. The number of thioether (sulfide) groups is 1. The number of carbonyl (C=O) groups is 2. The predicted octanol–water partition coefficient (Wildman–Crippen LogP) is 0.596. The lowest BCUT2D eigenvalue weighted by molar-refractivity contribution is -0.135. The van der Waals surface area contributed by atoms with Gasteiger partial charge in [0, 0.05) is 44.1 Å². The van der Waals surface area contributed by atoms with Crippen molar-refractivity contribution in [2.45, 2.75) is 6.42 Å². The lowest BCUT2D eigenvalue weighted by Crippen LogP contribution is -2.42. The van der Waals surface area contributed by atoms with Crippen LogP contribution in [-0.2, 0) is 9.59 Å².